The molecule has 2 nitrogen and oxygen atoms in total. The van der Waals surface area contributed by atoms with Crippen molar-refractivity contribution in [2.75, 3.05) is 19.6 Å². The predicted molar refractivity (Wildman–Crippen MR) is 104 cm³/mol. The Morgan fingerprint density at radius 2 is 1.88 bits per heavy atom. The fraction of sp³-hybridized carbons (Fsp3) is 0.600. The van der Waals surface area contributed by atoms with Crippen molar-refractivity contribution in [3.8, 4) is 0 Å². The van der Waals surface area contributed by atoms with Crippen molar-refractivity contribution in [3.05, 3.63) is 42.0 Å². The molecule has 0 amide bonds. The summed E-state index contributed by atoms with van der Waals surface area (Å²) >= 11 is 0. The molecule has 1 aliphatic heterocycles. The van der Waals surface area contributed by atoms with Gasteiger partial charge in [-0.1, -0.05) is 41.6 Å². The van der Waals surface area contributed by atoms with Gasteiger partial charge in [-0.05, 0) is 45.7 Å². The molecule has 0 bridgehead atoms. The van der Waals surface area contributed by atoms with E-state index in [0.29, 0.717) is 12.2 Å². The molecule has 0 aromatic heterocycles. The highest BCUT2D eigenvalue weighted by Crippen LogP contribution is 2.28. The van der Waals surface area contributed by atoms with Crippen LogP contribution in [0.2, 0.25) is 6.04 Å². The van der Waals surface area contributed by atoms with Gasteiger partial charge in [0.2, 0.25) is 0 Å². The lowest BCUT2D eigenvalue weighted by Crippen LogP contribution is -2.45. The number of morpholine rings is 1. The average Bonchev–Trinajstić information content (AvgIpc) is 2.56. The minimum absolute atomic E-state index is 0.319. The van der Waals surface area contributed by atoms with Crippen molar-refractivity contribution in [2.24, 2.45) is 0 Å². The van der Waals surface area contributed by atoms with Gasteiger partial charge in [-0.3, -0.25) is 4.90 Å². The Morgan fingerprint density at radius 3 is 2.58 bits per heavy atom. The van der Waals surface area contributed by atoms with Gasteiger partial charge in [0, 0.05) is 13.1 Å². The van der Waals surface area contributed by atoms with Gasteiger partial charge < -0.3 is 4.74 Å². The van der Waals surface area contributed by atoms with Gasteiger partial charge in [-0.25, -0.2) is 0 Å². The van der Waals surface area contributed by atoms with Crippen LogP contribution in [-0.4, -0.2) is 46.3 Å². The van der Waals surface area contributed by atoms with Crippen LogP contribution in [0, 0.1) is 0 Å². The highest BCUT2D eigenvalue weighted by molar-refractivity contribution is 6.53. The van der Waals surface area contributed by atoms with E-state index in [1.165, 1.54) is 18.6 Å². The predicted octanol–water partition coefficient (Wildman–Crippen LogP) is 3.75. The number of alkyl halides is 3. The molecule has 146 valence electrons. The maximum atomic E-state index is 12.7. The molecule has 2 unspecified atom stereocenters. The number of hydrogen-bond acceptors (Lipinski definition) is 2. The quantitative estimate of drug-likeness (QED) is 0.384. The van der Waals surface area contributed by atoms with E-state index in [1.54, 1.807) is 0 Å². The SMILES string of the molecule is CC1CN(CCCCC=CC[SiH2]c2cccc(C(F)(F)F)c2)CC(C)O1. The van der Waals surface area contributed by atoms with Gasteiger partial charge in [0.15, 0.2) is 0 Å². The molecule has 1 heterocycles. The summed E-state index contributed by atoms with van der Waals surface area (Å²) in [6, 6.07) is 6.70. The van der Waals surface area contributed by atoms with Crippen molar-refractivity contribution in [2.45, 2.75) is 57.5 Å². The zero-order chi connectivity index (χ0) is 19.0. The van der Waals surface area contributed by atoms with Crippen molar-refractivity contribution in [3.63, 3.8) is 0 Å². The van der Waals surface area contributed by atoms with Crippen LogP contribution < -0.4 is 5.19 Å². The number of halogens is 3. The number of benzene rings is 1. The van der Waals surface area contributed by atoms with E-state index < -0.39 is 21.3 Å². The first kappa shape index (κ1) is 21.2. The van der Waals surface area contributed by atoms with E-state index in [-0.39, 0.29) is 0 Å². The maximum absolute atomic E-state index is 12.7. The Morgan fingerprint density at radius 1 is 1.15 bits per heavy atom. The topological polar surface area (TPSA) is 12.5 Å². The summed E-state index contributed by atoms with van der Waals surface area (Å²) in [6.45, 7) is 7.40. The van der Waals surface area contributed by atoms with Crippen LogP contribution in [0.1, 0.15) is 38.7 Å². The fourth-order valence-corrected chi connectivity index (χ4v) is 4.86. The first-order valence-electron chi connectivity index (χ1n) is 9.53. The van der Waals surface area contributed by atoms with Crippen LogP contribution in [0.4, 0.5) is 13.2 Å². The Bertz CT molecular complexity index is 566. The molecule has 0 saturated carbocycles. The molecule has 2 atom stereocenters. The van der Waals surface area contributed by atoms with E-state index in [4.69, 9.17) is 4.74 Å². The molecule has 1 fully saturated rings. The van der Waals surface area contributed by atoms with Crippen LogP contribution >= 0.6 is 0 Å². The second-order valence-electron chi connectivity index (χ2n) is 7.22. The molecule has 0 spiro atoms. The standard InChI is InChI=1S/C20H30F3NOSi/c1-16-14-24(15-17(2)25-16)11-6-4-3-5-7-12-26-19-10-8-9-18(13-19)20(21,22)23/h5,7-10,13,16-17H,3-4,6,11-12,14-15,26H2,1-2H3. The van der Waals surface area contributed by atoms with Crippen molar-refractivity contribution >= 4 is 14.7 Å². The molecule has 6 heteroatoms. The summed E-state index contributed by atoms with van der Waals surface area (Å²) < 4.78 is 43.8. The number of nitrogens with zero attached hydrogens (tertiary/aromatic N) is 1. The van der Waals surface area contributed by atoms with Crippen LogP contribution in [0.3, 0.4) is 0 Å². The van der Waals surface area contributed by atoms with Gasteiger partial charge in [0.05, 0.1) is 27.3 Å². The molecule has 0 radical (unpaired) electrons. The minimum atomic E-state index is -4.24. The number of ether oxygens (including phenoxy) is 1. The molecule has 0 N–H and O–H groups in total. The largest absolute Gasteiger partial charge is 0.416 e. The van der Waals surface area contributed by atoms with E-state index in [1.807, 2.05) is 6.07 Å². The minimum Gasteiger partial charge on any atom is -0.373 e. The number of unbranched alkanes of at least 4 members (excludes halogenated alkanes) is 2. The zero-order valence-corrected chi connectivity index (χ0v) is 17.2. The monoisotopic (exact) mass is 385 g/mol. The fourth-order valence-electron chi connectivity index (χ4n) is 3.45. The molecule has 1 aliphatic rings. The Labute approximate surface area is 157 Å². The molecular formula is C20H30F3NOSi. The van der Waals surface area contributed by atoms with Crippen LogP contribution in [0.5, 0.6) is 0 Å². The molecule has 1 aromatic carbocycles. The third-order valence-corrected chi connectivity index (χ3v) is 6.25. The lowest BCUT2D eigenvalue weighted by Gasteiger charge is -2.35. The van der Waals surface area contributed by atoms with Gasteiger partial charge in [0.25, 0.3) is 0 Å². The Hall–Kier alpha value is -1.11. The van der Waals surface area contributed by atoms with Gasteiger partial charge in [-0.15, -0.1) is 0 Å². The number of allylic oxidation sites excluding steroid dienone is 2. The Kier molecular flexibility index (Phi) is 8.38. The first-order chi connectivity index (χ1) is 12.3. The summed E-state index contributed by atoms with van der Waals surface area (Å²) in [5.74, 6) is 0. The third kappa shape index (κ3) is 7.64. The lowest BCUT2D eigenvalue weighted by molar-refractivity contribution is -0.137. The van der Waals surface area contributed by atoms with E-state index >= 15 is 0 Å². The summed E-state index contributed by atoms with van der Waals surface area (Å²) in [5, 5.41) is 0.875. The van der Waals surface area contributed by atoms with Crippen molar-refractivity contribution < 1.29 is 17.9 Å². The van der Waals surface area contributed by atoms with Gasteiger partial charge >= 0.3 is 6.18 Å². The van der Waals surface area contributed by atoms with Crippen LogP contribution in [0.15, 0.2) is 36.4 Å². The smallest absolute Gasteiger partial charge is 0.373 e. The van der Waals surface area contributed by atoms with E-state index in [2.05, 4.69) is 30.9 Å². The van der Waals surface area contributed by atoms with Crippen LogP contribution in [-0.2, 0) is 10.9 Å². The van der Waals surface area contributed by atoms with Crippen molar-refractivity contribution in [1.29, 1.82) is 0 Å². The molecular weight excluding hydrogens is 355 g/mol. The molecule has 1 aromatic rings. The number of hydrogen-bond donors (Lipinski definition) is 0. The summed E-state index contributed by atoms with van der Waals surface area (Å²) in [5.41, 5.74) is -0.529. The zero-order valence-electron chi connectivity index (χ0n) is 15.8. The molecule has 0 aliphatic carbocycles. The summed E-state index contributed by atoms with van der Waals surface area (Å²) in [7, 11) is -0.667. The van der Waals surface area contributed by atoms with E-state index in [9.17, 15) is 13.2 Å². The van der Waals surface area contributed by atoms with Crippen LogP contribution in [0.25, 0.3) is 0 Å². The Balaban J connectivity index is 1.59. The summed E-state index contributed by atoms with van der Waals surface area (Å²) in [4.78, 5) is 2.48. The lowest BCUT2D eigenvalue weighted by atomic mass is 10.2. The average molecular weight is 386 g/mol. The first-order valence-corrected chi connectivity index (χ1v) is 11.2. The second-order valence-corrected chi connectivity index (χ2v) is 9.11. The summed E-state index contributed by atoms with van der Waals surface area (Å²) in [6.07, 6.45) is 4.11. The third-order valence-electron chi connectivity index (χ3n) is 4.61. The molecule has 2 rings (SSSR count). The highest BCUT2D eigenvalue weighted by atomic mass is 28.2. The van der Waals surface area contributed by atoms with Gasteiger partial charge in [0.1, 0.15) is 0 Å². The van der Waals surface area contributed by atoms with Crippen molar-refractivity contribution in [1.82, 2.24) is 4.90 Å². The van der Waals surface area contributed by atoms with Gasteiger partial charge in [-0.2, -0.15) is 13.2 Å². The molecule has 1 saturated heterocycles. The molecule has 26 heavy (non-hydrogen) atoms. The second kappa shape index (κ2) is 10.3. The maximum Gasteiger partial charge on any atom is 0.416 e. The van der Waals surface area contributed by atoms with E-state index in [0.717, 1.165) is 49.8 Å². The number of rotatable bonds is 8. The normalized spacial score (nSPS) is 22.7. The highest BCUT2D eigenvalue weighted by Gasteiger charge is 2.30.